The summed E-state index contributed by atoms with van der Waals surface area (Å²) in [4.78, 5) is 0. The fraction of sp³-hybridized carbons (Fsp3) is 0.143. The smallest absolute Gasteiger partial charge is 0.00262 e. The zero-order chi connectivity index (χ0) is 23.9. The first kappa shape index (κ1) is 21.6. The summed E-state index contributed by atoms with van der Waals surface area (Å²) in [5.74, 6) is 0.580. The highest BCUT2D eigenvalue weighted by Crippen LogP contribution is 2.44. The van der Waals surface area contributed by atoms with E-state index in [1.807, 2.05) is 0 Å². The number of hydrogen-bond donors (Lipinski definition) is 0. The fourth-order valence-corrected chi connectivity index (χ4v) is 5.49. The van der Waals surface area contributed by atoms with Crippen LogP contribution in [0.4, 0.5) is 0 Å². The average Bonchev–Trinajstić information content (AvgIpc) is 2.91. The zero-order valence-corrected chi connectivity index (χ0v) is 20.7. The monoisotopic (exact) mass is 450 g/mol. The summed E-state index contributed by atoms with van der Waals surface area (Å²) >= 11 is 0. The molecule has 170 valence electrons. The van der Waals surface area contributed by atoms with Crippen LogP contribution in [0, 0.1) is 6.92 Å². The van der Waals surface area contributed by atoms with Gasteiger partial charge in [-0.15, -0.1) is 0 Å². The Morgan fingerprint density at radius 2 is 1.03 bits per heavy atom. The van der Waals surface area contributed by atoms with Gasteiger partial charge in [-0.2, -0.15) is 0 Å². The zero-order valence-electron chi connectivity index (χ0n) is 20.7. The second-order valence-corrected chi connectivity index (χ2v) is 9.84. The van der Waals surface area contributed by atoms with Crippen LogP contribution >= 0.6 is 0 Å². The fourth-order valence-electron chi connectivity index (χ4n) is 5.49. The summed E-state index contributed by atoms with van der Waals surface area (Å²) in [5, 5.41) is 7.80. The molecule has 0 nitrogen and oxygen atoms in total. The van der Waals surface area contributed by atoms with Gasteiger partial charge in [-0.3, -0.25) is 0 Å². The molecule has 0 heterocycles. The maximum atomic E-state index is 2.35. The normalized spacial score (nSPS) is 12.4. The van der Waals surface area contributed by atoms with E-state index in [0.29, 0.717) is 5.92 Å². The predicted octanol–water partition coefficient (Wildman–Crippen LogP) is 10.3. The number of benzene rings is 6. The molecule has 0 radical (unpaired) electrons. The van der Waals surface area contributed by atoms with Crippen LogP contribution in [0.2, 0.25) is 0 Å². The molecule has 6 aromatic rings. The van der Waals surface area contributed by atoms with Gasteiger partial charge < -0.3 is 0 Å². The third kappa shape index (κ3) is 3.70. The molecule has 0 aliphatic rings. The summed E-state index contributed by atoms with van der Waals surface area (Å²) < 4.78 is 0. The van der Waals surface area contributed by atoms with E-state index < -0.39 is 0 Å². The summed E-state index contributed by atoms with van der Waals surface area (Å²) in [6.45, 7) is 6.72. The average molecular weight is 451 g/mol. The van der Waals surface area contributed by atoms with Gasteiger partial charge >= 0.3 is 0 Å². The topological polar surface area (TPSA) is 0 Å². The van der Waals surface area contributed by atoms with Gasteiger partial charge in [-0.05, 0) is 85.5 Å². The van der Waals surface area contributed by atoms with E-state index >= 15 is 0 Å². The highest BCUT2D eigenvalue weighted by atomic mass is 14.2. The van der Waals surface area contributed by atoms with Crippen LogP contribution in [0.5, 0.6) is 0 Å². The maximum Gasteiger partial charge on any atom is -0.00262 e. The van der Waals surface area contributed by atoms with Crippen molar-refractivity contribution >= 4 is 32.3 Å². The number of fused-ring (bicyclic) bond motifs is 3. The van der Waals surface area contributed by atoms with Gasteiger partial charge in [0.2, 0.25) is 0 Å². The van der Waals surface area contributed by atoms with Crippen molar-refractivity contribution in [1.29, 1.82) is 0 Å². The Balaban J connectivity index is 1.66. The molecule has 0 N–H and O–H groups in total. The van der Waals surface area contributed by atoms with Gasteiger partial charge in [0.05, 0.1) is 0 Å². The molecule has 6 aromatic carbocycles. The van der Waals surface area contributed by atoms with Gasteiger partial charge in [-0.25, -0.2) is 0 Å². The first-order chi connectivity index (χ1) is 17.1. The van der Waals surface area contributed by atoms with Gasteiger partial charge in [0.15, 0.2) is 0 Å². The van der Waals surface area contributed by atoms with Crippen molar-refractivity contribution in [3.05, 3.63) is 120 Å². The van der Waals surface area contributed by atoms with Crippen molar-refractivity contribution in [3.8, 4) is 22.3 Å². The Kier molecular flexibility index (Phi) is 5.38. The van der Waals surface area contributed by atoms with Crippen molar-refractivity contribution in [2.24, 2.45) is 0 Å². The van der Waals surface area contributed by atoms with E-state index in [1.165, 1.54) is 65.7 Å². The minimum absolute atomic E-state index is 0.580. The molecule has 35 heavy (non-hydrogen) atoms. The largest absolute Gasteiger partial charge is 0.0648 e. The maximum absolute atomic E-state index is 2.35. The van der Waals surface area contributed by atoms with E-state index in [4.69, 9.17) is 0 Å². The lowest BCUT2D eigenvalue weighted by atomic mass is 9.85. The second kappa shape index (κ2) is 8.71. The number of hydrogen-bond acceptors (Lipinski definition) is 0. The minimum Gasteiger partial charge on any atom is -0.0648 e. The Morgan fingerprint density at radius 3 is 1.60 bits per heavy atom. The molecule has 0 aliphatic heterocycles. The summed E-state index contributed by atoms with van der Waals surface area (Å²) in [7, 11) is 0. The van der Waals surface area contributed by atoms with Gasteiger partial charge in [0, 0.05) is 0 Å². The van der Waals surface area contributed by atoms with E-state index in [9.17, 15) is 0 Å². The standard InChI is InChI=1S/C35H30/c1-4-24(3)25-15-17-26(18-16-25)34-30-9-5-7-11-32(30)35(33-12-8-6-10-31(33)34)29-20-19-27-21-23(2)13-14-28(27)22-29/h5-22,24H,4H2,1-3H3. The van der Waals surface area contributed by atoms with Gasteiger partial charge in [-0.1, -0.05) is 123 Å². The highest BCUT2D eigenvalue weighted by molar-refractivity contribution is 6.21. The molecule has 0 aromatic heterocycles. The van der Waals surface area contributed by atoms with Crippen molar-refractivity contribution in [1.82, 2.24) is 0 Å². The quantitative estimate of drug-likeness (QED) is 0.234. The number of rotatable bonds is 4. The second-order valence-electron chi connectivity index (χ2n) is 9.84. The van der Waals surface area contributed by atoms with Gasteiger partial charge in [0.1, 0.15) is 0 Å². The van der Waals surface area contributed by atoms with Crippen LogP contribution in [-0.4, -0.2) is 0 Å². The third-order valence-corrected chi connectivity index (χ3v) is 7.60. The first-order valence-corrected chi connectivity index (χ1v) is 12.7. The van der Waals surface area contributed by atoms with Crippen molar-refractivity contribution < 1.29 is 0 Å². The summed E-state index contributed by atoms with van der Waals surface area (Å²) in [6, 6.07) is 40.7. The van der Waals surface area contributed by atoms with E-state index in [2.05, 4.69) is 130 Å². The SMILES string of the molecule is CCC(C)c1ccc(-c2c3ccccc3c(-c3ccc4cc(C)ccc4c3)c3ccccc23)cc1. The highest BCUT2D eigenvalue weighted by Gasteiger charge is 2.17. The van der Waals surface area contributed by atoms with Crippen LogP contribution < -0.4 is 0 Å². The van der Waals surface area contributed by atoms with Crippen LogP contribution in [0.3, 0.4) is 0 Å². The Labute approximate surface area is 207 Å². The van der Waals surface area contributed by atoms with Crippen LogP contribution in [-0.2, 0) is 0 Å². The number of aryl methyl sites for hydroxylation is 1. The Morgan fingerprint density at radius 1 is 0.543 bits per heavy atom. The molecule has 0 saturated heterocycles. The Bertz CT molecular complexity index is 1630. The lowest BCUT2D eigenvalue weighted by molar-refractivity contribution is 0.734. The van der Waals surface area contributed by atoms with Crippen molar-refractivity contribution in [3.63, 3.8) is 0 Å². The molecule has 0 saturated carbocycles. The van der Waals surface area contributed by atoms with Crippen LogP contribution in [0.1, 0.15) is 37.3 Å². The van der Waals surface area contributed by atoms with E-state index in [-0.39, 0.29) is 0 Å². The molecule has 1 atom stereocenters. The molecule has 0 aliphatic carbocycles. The molecule has 6 rings (SSSR count). The minimum atomic E-state index is 0.580. The molecule has 1 unspecified atom stereocenters. The van der Waals surface area contributed by atoms with Crippen LogP contribution in [0.15, 0.2) is 109 Å². The molecule has 0 spiro atoms. The first-order valence-electron chi connectivity index (χ1n) is 12.7. The van der Waals surface area contributed by atoms with E-state index in [1.54, 1.807) is 0 Å². The molecule has 0 bridgehead atoms. The molecular formula is C35H30. The lowest BCUT2D eigenvalue weighted by Crippen LogP contribution is -1.93. The van der Waals surface area contributed by atoms with Crippen LogP contribution in [0.25, 0.3) is 54.6 Å². The van der Waals surface area contributed by atoms with E-state index in [0.717, 1.165) is 6.42 Å². The Hall–Kier alpha value is -3.90. The summed E-state index contributed by atoms with van der Waals surface area (Å²) in [5.41, 5.74) is 7.90. The summed E-state index contributed by atoms with van der Waals surface area (Å²) in [6.07, 6.45) is 1.16. The molecule has 0 amide bonds. The lowest BCUT2D eigenvalue weighted by Gasteiger charge is -2.18. The predicted molar refractivity (Wildman–Crippen MR) is 153 cm³/mol. The third-order valence-electron chi connectivity index (χ3n) is 7.60. The van der Waals surface area contributed by atoms with Crippen molar-refractivity contribution in [2.75, 3.05) is 0 Å². The molecule has 0 heteroatoms. The molecular weight excluding hydrogens is 420 g/mol. The van der Waals surface area contributed by atoms with Gasteiger partial charge in [0.25, 0.3) is 0 Å². The molecule has 0 fully saturated rings. The van der Waals surface area contributed by atoms with Crippen molar-refractivity contribution in [2.45, 2.75) is 33.1 Å².